The van der Waals surface area contributed by atoms with Crippen molar-refractivity contribution < 1.29 is 4.79 Å². The van der Waals surface area contributed by atoms with Crippen LogP contribution in [-0.2, 0) is 0 Å². The number of amides is 2. The molecule has 18 heavy (non-hydrogen) atoms. The van der Waals surface area contributed by atoms with Crippen LogP contribution in [0, 0.1) is 0 Å². The maximum absolute atomic E-state index is 11.3. The molecule has 0 heterocycles. The Balaban J connectivity index is 2.15. The van der Waals surface area contributed by atoms with Crippen molar-refractivity contribution in [2.45, 2.75) is 6.42 Å². The summed E-state index contributed by atoms with van der Waals surface area (Å²) < 4.78 is 0. The molecule has 1 aromatic rings. The average Bonchev–Trinajstić information content (AvgIpc) is 2.36. The first-order chi connectivity index (χ1) is 8.68. The quantitative estimate of drug-likeness (QED) is 0.452. The number of hydrazone groups is 1. The Kier molecular flexibility index (Phi) is 6.50. The van der Waals surface area contributed by atoms with Crippen molar-refractivity contribution in [3.63, 3.8) is 0 Å². The first-order valence-corrected chi connectivity index (χ1v) is 5.95. The van der Waals surface area contributed by atoms with Gasteiger partial charge in [0.2, 0.25) is 0 Å². The van der Waals surface area contributed by atoms with Crippen molar-refractivity contribution in [1.29, 1.82) is 0 Å². The van der Waals surface area contributed by atoms with E-state index in [9.17, 15) is 4.79 Å². The zero-order valence-electron chi connectivity index (χ0n) is 10.9. The molecule has 0 bridgehead atoms. The number of rotatable bonds is 6. The van der Waals surface area contributed by atoms with Crippen molar-refractivity contribution in [2.24, 2.45) is 5.10 Å². The molecule has 0 unspecified atom stereocenters. The van der Waals surface area contributed by atoms with E-state index in [1.807, 2.05) is 44.4 Å². The van der Waals surface area contributed by atoms with E-state index >= 15 is 0 Å². The van der Waals surface area contributed by atoms with Gasteiger partial charge in [-0.15, -0.1) is 0 Å². The van der Waals surface area contributed by atoms with Crippen LogP contribution in [-0.4, -0.2) is 44.3 Å². The average molecular weight is 248 g/mol. The summed E-state index contributed by atoms with van der Waals surface area (Å²) in [4.78, 5) is 13.4. The first kappa shape index (κ1) is 14.2. The van der Waals surface area contributed by atoms with Crippen molar-refractivity contribution >= 4 is 12.2 Å². The van der Waals surface area contributed by atoms with E-state index in [0.717, 1.165) is 18.5 Å². The van der Waals surface area contributed by atoms with Gasteiger partial charge in [0.05, 0.1) is 6.21 Å². The number of nitrogens with zero attached hydrogens (tertiary/aromatic N) is 2. The fourth-order valence-corrected chi connectivity index (χ4v) is 1.34. The van der Waals surface area contributed by atoms with Gasteiger partial charge in [0.1, 0.15) is 0 Å². The molecule has 0 aliphatic heterocycles. The standard InChI is InChI=1S/C13H20N4O/c1-17(2)10-6-9-14-13(18)16-15-11-12-7-4-3-5-8-12/h3-5,7-8,11H,6,9-10H2,1-2H3,(H2,14,16,18). The van der Waals surface area contributed by atoms with Crippen molar-refractivity contribution in [2.75, 3.05) is 27.2 Å². The van der Waals surface area contributed by atoms with Gasteiger partial charge in [0.25, 0.3) is 0 Å². The second kappa shape index (κ2) is 8.25. The largest absolute Gasteiger partial charge is 0.337 e. The lowest BCUT2D eigenvalue weighted by molar-refractivity contribution is 0.240. The fraction of sp³-hybridized carbons (Fsp3) is 0.385. The molecule has 0 aliphatic carbocycles. The second-order valence-electron chi connectivity index (χ2n) is 4.19. The summed E-state index contributed by atoms with van der Waals surface area (Å²) in [5.74, 6) is 0. The van der Waals surface area contributed by atoms with Crippen LogP contribution < -0.4 is 10.7 Å². The van der Waals surface area contributed by atoms with Crippen LogP contribution in [0.25, 0.3) is 0 Å². The van der Waals surface area contributed by atoms with E-state index in [0.29, 0.717) is 6.54 Å². The molecule has 0 aliphatic rings. The third kappa shape index (κ3) is 6.65. The molecule has 2 N–H and O–H groups in total. The Morgan fingerprint density at radius 3 is 2.72 bits per heavy atom. The highest BCUT2D eigenvalue weighted by Gasteiger charge is 1.96. The predicted octanol–water partition coefficient (Wildman–Crippen LogP) is 1.27. The molecule has 0 spiro atoms. The summed E-state index contributed by atoms with van der Waals surface area (Å²) >= 11 is 0. The molecule has 0 fully saturated rings. The number of carbonyl (C=O) groups excluding carboxylic acids is 1. The summed E-state index contributed by atoms with van der Waals surface area (Å²) in [7, 11) is 4.01. The van der Waals surface area contributed by atoms with Crippen LogP contribution >= 0.6 is 0 Å². The molecule has 0 saturated carbocycles. The van der Waals surface area contributed by atoms with Crippen LogP contribution in [0.4, 0.5) is 4.79 Å². The molecular formula is C13H20N4O. The molecule has 5 heteroatoms. The fourth-order valence-electron chi connectivity index (χ4n) is 1.34. The number of nitrogens with one attached hydrogen (secondary N) is 2. The highest BCUT2D eigenvalue weighted by molar-refractivity contribution is 5.81. The minimum absolute atomic E-state index is 0.277. The van der Waals surface area contributed by atoms with Crippen LogP contribution in [0.2, 0.25) is 0 Å². The lowest BCUT2D eigenvalue weighted by Crippen LogP contribution is -2.34. The maximum Gasteiger partial charge on any atom is 0.335 e. The van der Waals surface area contributed by atoms with Crippen LogP contribution in [0.3, 0.4) is 0 Å². The van der Waals surface area contributed by atoms with E-state index in [4.69, 9.17) is 0 Å². The number of urea groups is 1. The third-order valence-corrected chi connectivity index (χ3v) is 2.25. The first-order valence-electron chi connectivity index (χ1n) is 5.95. The van der Waals surface area contributed by atoms with E-state index in [2.05, 4.69) is 20.7 Å². The summed E-state index contributed by atoms with van der Waals surface area (Å²) in [5.41, 5.74) is 3.37. The third-order valence-electron chi connectivity index (χ3n) is 2.25. The van der Waals surface area contributed by atoms with E-state index in [1.165, 1.54) is 0 Å². The van der Waals surface area contributed by atoms with Crippen LogP contribution in [0.1, 0.15) is 12.0 Å². The number of hydrogen-bond donors (Lipinski definition) is 2. The Hall–Kier alpha value is -1.88. The van der Waals surface area contributed by atoms with E-state index in [-0.39, 0.29) is 6.03 Å². The van der Waals surface area contributed by atoms with Gasteiger partial charge in [-0.1, -0.05) is 30.3 Å². The Morgan fingerprint density at radius 1 is 1.33 bits per heavy atom. The molecular weight excluding hydrogens is 228 g/mol. The normalized spacial score (nSPS) is 10.8. The number of hydrogen-bond acceptors (Lipinski definition) is 3. The summed E-state index contributed by atoms with van der Waals surface area (Å²) in [6.07, 6.45) is 2.53. The topological polar surface area (TPSA) is 56.7 Å². The Bertz CT molecular complexity index is 376. The van der Waals surface area contributed by atoms with Gasteiger partial charge in [-0.2, -0.15) is 5.10 Å². The van der Waals surface area contributed by atoms with Crippen molar-refractivity contribution in [3.8, 4) is 0 Å². The summed E-state index contributed by atoms with van der Waals surface area (Å²) in [5, 5.41) is 6.59. The zero-order chi connectivity index (χ0) is 13.2. The van der Waals surface area contributed by atoms with Gasteiger partial charge in [-0.05, 0) is 32.6 Å². The van der Waals surface area contributed by atoms with E-state index < -0.39 is 0 Å². The van der Waals surface area contributed by atoms with Crippen molar-refractivity contribution in [3.05, 3.63) is 35.9 Å². The van der Waals surface area contributed by atoms with Gasteiger partial charge in [0.15, 0.2) is 0 Å². The Morgan fingerprint density at radius 2 is 2.06 bits per heavy atom. The molecule has 0 radical (unpaired) electrons. The predicted molar refractivity (Wildman–Crippen MR) is 73.7 cm³/mol. The molecule has 98 valence electrons. The minimum Gasteiger partial charge on any atom is -0.337 e. The Labute approximate surface area is 108 Å². The van der Waals surface area contributed by atoms with Gasteiger partial charge in [-0.3, -0.25) is 0 Å². The number of benzene rings is 1. The van der Waals surface area contributed by atoms with Gasteiger partial charge >= 0.3 is 6.03 Å². The summed E-state index contributed by atoms with van der Waals surface area (Å²) in [6.45, 7) is 1.60. The van der Waals surface area contributed by atoms with Crippen molar-refractivity contribution in [1.82, 2.24) is 15.6 Å². The lowest BCUT2D eigenvalue weighted by Gasteiger charge is -2.09. The van der Waals surface area contributed by atoms with Gasteiger partial charge in [-0.25, -0.2) is 10.2 Å². The summed E-state index contributed by atoms with van der Waals surface area (Å²) in [6, 6.07) is 9.33. The highest BCUT2D eigenvalue weighted by Crippen LogP contribution is 1.92. The monoisotopic (exact) mass is 248 g/mol. The molecule has 0 aromatic heterocycles. The minimum atomic E-state index is -0.277. The van der Waals surface area contributed by atoms with Crippen LogP contribution in [0.15, 0.2) is 35.4 Å². The number of carbonyl (C=O) groups is 1. The smallest absolute Gasteiger partial charge is 0.335 e. The molecule has 0 atom stereocenters. The maximum atomic E-state index is 11.3. The molecule has 5 nitrogen and oxygen atoms in total. The second-order valence-corrected chi connectivity index (χ2v) is 4.19. The van der Waals surface area contributed by atoms with Crippen LogP contribution in [0.5, 0.6) is 0 Å². The molecule has 1 rings (SSSR count). The van der Waals surface area contributed by atoms with Gasteiger partial charge in [0, 0.05) is 6.54 Å². The molecule has 2 amide bonds. The molecule has 1 aromatic carbocycles. The lowest BCUT2D eigenvalue weighted by atomic mass is 10.2. The zero-order valence-corrected chi connectivity index (χ0v) is 10.9. The highest BCUT2D eigenvalue weighted by atomic mass is 16.2. The van der Waals surface area contributed by atoms with E-state index in [1.54, 1.807) is 6.21 Å². The SMILES string of the molecule is CN(C)CCCNC(=O)NN=Cc1ccccc1. The van der Waals surface area contributed by atoms with Gasteiger partial charge < -0.3 is 10.2 Å². The molecule has 0 saturated heterocycles.